The number of carbonyl (C=O) groups excluding carboxylic acids is 1. The van der Waals surface area contributed by atoms with E-state index in [-0.39, 0.29) is 17.7 Å². The van der Waals surface area contributed by atoms with Gasteiger partial charge in [-0.05, 0) is 85.1 Å². The van der Waals surface area contributed by atoms with Crippen LogP contribution in [0.4, 0.5) is 10.1 Å². The minimum atomic E-state index is -0.357. The number of hydrogen-bond donors (Lipinski definition) is 2. The predicted molar refractivity (Wildman–Crippen MR) is 160 cm³/mol. The summed E-state index contributed by atoms with van der Waals surface area (Å²) in [6, 6.07) is 11.7. The number of ether oxygens (including phenoxy) is 2. The lowest BCUT2D eigenvalue weighted by molar-refractivity contribution is -0.109. The van der Waals surface area contributed by atoms with Gasteiger partial charge in [-0.2, -0.15) is 0 Å². The van der Waals surface area contributed by atoms with E-state index in [1.165, 1.54) is 42.9 Å². The van der Waals surface area contributed by atoms with E-state index in [4.69, 9.17) is 9.47 Å². The van der Waals surface area contributed by atoms with Crippen LogP contribution < -0.4 is 25.0 Å². The molecule has 1 heterocycles. The molecular formula is C33H48FN3O3. The zero-order chi connectivity index (χ0) is 28.5. The second-order valence-electron chi connectivity index (χ2n) is 12.5. The Balaban J connectivity index is 1.45. The number of nitrogens with zero attached hydrogens (tertiary/aromatic N) is 1. The molecule has 0 radical (unpaired) electrons. The maximum absolute atomic E-state index is 14.9. The highest BCUT2D eigenvalue weighted by molar-refractivity contribution is 5.52. The van der Waals surface area contributed by atoms with Gasteiger partial charge in [0.05, 0.1) is 7.11 Å². The van der Waals surface area contributed by atoms with Crippen molar-refractivity contribution in [2.24, 2.45) is 11.3 Å². The molecule has 1 unspecified atom stereocenters. The van der Waals surface area contributed by atoms with Crippen molar-refractivity contribution >= 4 is 12.1 Å². The number of anilines is 1. The van der Waals surface area contributed by atoms with E-state index in [1.54, 1.807) is 7.11 Å². The molecule has 1 saturated heterocycles. The molecule has 1 aliphatic carbocycles. The fourth-order valence-corrected chi connectivity index (χ4v) is 6.30. The summed E-state index contributed by atoms with van der Waals surface area (Å²) in [5.74, 6) is 2.17. The van der Waals surface area contributed by atoms with E-state index in [2.05, 4.69) is 54.5 Å². The maximum atomic E-state index is 14.9. The Hall–Kier alpha value is -2.80. The number of amides is 1. The Kier molecular flexibility index (Phi) is 10.7. The predicted octanol–water partition coefficient (Wildman–Crippen LogP) is 6.08. The number of carbonyl (C=O) groups is 1. The minimum absolute atomic E-state index is 0.229. The van der Waals surface area contributed by atoms with E-state index >= 15 is 0 Å². The number of methoxy groups -OCH3 is 1. The molecule has 2 aromatic carbocycles. The first-order valence-corrected chi connectivity index (χ1v) is 15.0. The highest BCUT2D eigenvalue weighted by atomic mass is 19.1. The van der Waals surface area contributed by atoms with Crippen molar-refractivity contribution < 1.29 is 18.7 Å². The van der Waals surface area contributed by atoms with Crippen molar-refractivity contribution in [2.75, 3.05) is 44.7 Å². The van der Waals surface area contributed by atoms with Gasteiger partial charge in [0, 0.05) is 50.9 Å². The minimum Gasteiger partial charge on any atom is -0.496 e. The number of nitrogens with one attached hydrogen (secondary N) is 2. The van der Waals surface area contributed by atoms with Crippen molar-refractivity contribution in [2.45, 2.75) is 77.7 Å². The molecule has 7 heteroatoms. The Morgan fingerprint density at radius 3 is 2.48 bits per heavy atom. The highest BCUT2D eigenvalue weighted by Crippen LogP contribution is 2.45. The molecule has 1 atom stereocenters. The van der Waals surface area contributed by atoms with Crippen LogP contribution in [0, 0.1) is 17.2 Å². The van der Waals surface area contributed by atoms with Crippen LogP contribution in [0.3, 0.4) is 0 Å². The lowest BCUT2D eigenvalue weighted by atomic mass is 9.68. The van der Waals surface area contributed by atoms with Gasteiger partial charge >= 0.3 is 0 Å². The maximum Gasteiger partial charge on any atom is 0.207 e. The Bertz CT molecular complexity index is 1090. The third-order valence-electron chi connectivity index (χ3n) is 8.83. The number of benzene rings is 2. The molecule has 1 saturated carbocycles. The van der Waals surface area contributed by atoms with Crippen LogP contribution in [0.25, 0.3) is 0 Å². The van der Waals surface area contributed by atoms with Crippen molar-refractivity contribution in [3.8, 4) is 11.5 Å². The summed E-state index contributed by atoms with van der Waals surface area (Å²) in [5, 5.41) is 6.09. The van der Waals surface area contributed by atoms with E-state index in [0.29, 0.717) is 30.7 Å². The molecule has 40 heavy (non-hydrogen) atoms. The van der Waals surface area contributed by atoms with E-state index < -0.39 is 0 Å². The van der Waals surface area contributed by atoms with Crippen LogP contribution in [-0.2, 0) is 11.2 Å². The lowest BCUT2D eigenvalue weighted by Gasteiger charge is -2.37. The first-order valence-electron chi connectivity index (χ1n) is 15.0. The number of rotatable bonds is 12. The lowest BCUT2D eigenvalue weighted by Crippen LogP contribution is -2.43. The summed E-state index contributed by atoms with van der Waals surface area (Å²) in [7, 11) is 1.76. The van der Waals surface area contributed by atoms with E-state index in [1.807, 2.05) is 12.1 Å². The second kappa shape index (κ2) is 14.2. The van der Waals surface area contributed by atoms with Crippen molar-refractivity contribution in [1.82, 2.24) is 10.6 Å². The smallest absolute Gasteiger partial charge is 0.207 e. The first kappa shape index (κ1) is 30.2. The highest BCUT2D eigenvalue weighted by Gasteiger charge is 2.31. The molecule has 4 rings (SSSR count). The van der Waals surface area contributed by atoms with Crippen molar-refractivity contribution in [1.29, 1.82) is 0 Å². The molecule has 220 valence electrons. The SMILES string of the molecule is COc1ccc(CCC(CCNC=O)Oc2cc(N3CCNCC3)ccc2F)cc1C1CCC(C(C)(C)C)CC1. The van der Waals surface area contributed by atoms with Gasteiger partial charge in [0.1, 0.15) is 11.9 Å². The summed E-state index contributed by atoms with van der Waals surface area (Å²) < 4.78 is 26.9. The van der Waals surface area contributed by atoms with Crippen LogP contribution in [0.15, 0.2) is 36.4 Å². The molecule has 0 aromatic heterocycles. The molecular weight excluding hydrogens is 505 g/mol. The fourth-order valence-electron chi connectivity index (χ4n) is 6.30. The average molecular weight is 554 g/mol. The number of aryl methyl sites for hydroxylation is 1. The fraction of sp³-hybridized carbons (Fsp3) is 0.606. The summed E-state index contributed by atoms with van der Waals surface area (Å²) in [6.07, 6.45) is 7.48. The van der Waals surface area contributed by atoms with Crippen LogP contribution in [-0.4, -0.2) is 52.3 Å². The number of halogens is 1. The van der Waals surface area contributed by atoms with Gasteiger partial charge in [-0.1, -0.05) is 32.9 Å². The van der Waals surface area contributed by atoms with Gasteiger partial charge < -0.3 is 25.0 Å². The summed E-state index contributed by atoms with van der Waals surface area (Å²) in [6.45, 7) is 11.1. The molecule has 1 aliphatic heterocycles. The Morgan fingerprint density at radius 2 is 1.80 bits per heavy atom. The summed E-state index contributed by atoms with van der Waals surface area (Å²) in [5.41, 5.74) is 3.88. The van der Waals surface area contributed by atoms with Crippen LogP contribution >= 0.6 is 0 Å². The third kappa shape index (κ3) is 8.12. The largest absolute Gasteiger partial charge is 0.496 e. The van der Waals surface area contributed by atoms with Crippen molar-refractivity contribution in [3.05, 3.63) is 53.3 Å². The topological polar surface area (TPSA) is 62.8 Å². The zero-order valence-electron chi connectivity index (χ0n) is 24.8. The van der Waals surface area contributed by atoms with Gasteiger partial charge in [0.2, 0.25) is 6.41 Å². The molecule has 2 aliphatic rings. The second-order valence-corrected chi connectivity index (χ2v) is 12.5. The van der Waals surface area contributed by atoms with Gasteiger partial charge in [-0.3, -0.25) is 4.79 Å². The number of hydrogen-bond acceptors (Lipinski definition) is 5. The van der Waals surface area contributed by atoms with Crippen molar-refractivity contribution in [3.63, 3.8) is 0 Å². The van der Waals surface area contributed by atoms with Crippen LogP contribution in [0.1, 0.15) is 76.3 Å². The molecule has 1 amide bonds. The number of piperazine rings is 1. The van der Waals surface area contributed by atoms with Gasteiger partial charge in [0.15, 0.2) is 11.6 Å². The van der Waals surface area contributed by atoms with Gasteiger partial charge in [0.25, 0.3) is 0 Å². The zero-order valence-corrected chi connectivity index (χ0v) is 24.8. The van der Waals surface area contributed by atoms with Gasteiger partial charge in [-0.15, -0.1) is 0 Å². The average Bonchev–Trinajstić information content (AvgIpc) is 2.97. The first-order chi connectivity index (χ1) is 19.3. The monoisotopic (exact) mass is 553 g/mol. The standard InChI is InChI=1S/C33H48FN3O3/c1-33(2,3)26-9-7-25(8-10-26)29-21-24(6-14-31(29)39-4)5-12-28(15-16-36-23-38)40-32-22-27(11-13-30(32)34)37-19-17-35-18-20-37/h6,11,13-14,21-23,25-26,28,35H,5,7-10,12,15-20H2,1-4H3,(H,36,38). The quantitative estimate of drug-likeness (QED) is 0.246. The van der Waals surface area contributed by atoms with Gasteiger partial charge in [-0.25, -0.2) is 4.39 Å². The normalized spacial score (nSPS) is 20.6. The molecule has 2 aromatic rings. The Morgan fingerprint density at radius 1 is 1.05 bits per heavy atom. The summed E-state index contributed by atoms with van der Waals surface area (Å²) >= 11 is 0. The molecule has 2 fully saturated rings. The van der Waals surface area contributed by atoms with E-state index in [9.17, 15) is 9.18 Å². The molecule has 6 nitrogen and oxygen atoms in total. The van der Waals surface area contributed by atoms with E-state index in [0.717, 1.165) is 56.4 Å². The molecule has 2 N–H and O–H groups in total. The Labute approximate surface area is 240 Å². The molecule has 0 spiro atoms. The summed E-state index contributed by atoms with van der Waals surface area (Å²) in [4.78, 5) is 13.1. The van der Waals surface area contributed by atoms with Crippen LogP contribution in [0.5, 0.6) is 11.5 Å². The molecule has 0 bridgehead atoms. The third-order valence-corrected chi connectivity index (χ3v) is 8.83. The van der Waals surface area contributed by atoms with Crippen LogP contribution in [0.2, 0.25) is 0 Å².